The van der Waals surface area contributed by atoms with Crippen molar-refractivity contribution >= 4 is 27.4 Å². The Balaban J connectivity index is 2.29. The number of halogens is 1. The fraction of sp³-hybridized carbons (Fsp3) is 0.235. The van der Waals surface area contributed by atoms with E-state index in [-0.39, 0.29) is 10.5 Å². The van der Waals surface area contributed by atoms with Crippen LogP contribution in [0.4, 0.5) is 0 Å². The van der Waals surface area contributed by atoms with Crippen molar-refractivity contribution in [3.05, 3.63) is 64.2 Å². The van der Waals surface area contributed by atoms with E-state index in [0.717, 1.165) is 6.26 Å². The van der Waals surface area contributed by atoms with Gasteiger partial charge in [-0.2, -0.15) is 0 Å². The van der Waals surface area contributed by atoms with E-state index in [2.05, 4.69) is 0 Å². The fourth-order valence-electron chi connectivity index (χ4n) is 2.14. The fourth-order valence-corrected chi connectivity index (χ4v) is 3.08. The Hall–Kier alpha value is -1.85. The maximum atomic E-state index is 12.4. The van der Waals surface area contributed by atoms with Gasteiger partial charge in [-0.15, -0.1) is 0 Å². The van der Waals surface area contributed by atoms with Crippen molar-refractivity contribution in [3.8, 4) is 0 Å². The minimum Gasteiger partial charge on any atom is -0.454 e. The predicted octanol–water partition coefficient (Wildman–Crippen LogP) is 3.97. The summed E-state index contributed by atoms with van der Waals surface area (Å²) in [4.78, 5) is 12.5. The smallest absolute Gasteiger partial charge is 0.339 e. The van der Waals surface area contributed by atoms with Crippen molar-refractivity contribution in [2.24, 2.45) is 0 Å². The normalized spacial score (nSPS) is 12.7. The van der Waals surface area contributed by atoms with E-state index in [4.69, 9.17) is 16.3 Å². The minimum atomic E-state index is -3.39. The van der Waals surface area contributed by atoms with Crippen molar-refractivity contribution in [2.45, 2.75) is 24.8 Å². The van der Waals surface area contributed by atoms with E-state index in [9.17, 15) is 13.2 Å². The molecule has 0 aliphatic carbocycles. The summed E-state index contributed by atoms with van der Waals surface area (Å²) in [5, 5.41) is 0.509. The lowest BCUT2D eigenvalue weighted by atomic mass is 10.1. The summed E-state index contributed by atoms with van der Waals surface area (Å²) in [6.45, 7) is 3.44. The van der Waals surface area contributed by atoms with Crippen LogP contribution in [0.25, 0.3) is 0 Å². The molecule has 23 heavy (non-hydrogen) atoms. The predicted molar refractivity (Wildman–Crippen MR) is 89.6 cm³/mol. The Morgan fingerprint density at radius 2 is 1.83 bits per heavy atom. The topological polar surface area (TPSA) is 60.4 Å². The summed E-state index contributed by atoms with van der Waals surface area (Å²) in [7, 11) is -3.39. The van der Waals surface area contributed by atoms with Gasteiger partial charge in [-0.3, -0.25) is 0 Å². The van der Waals surface area contributed by atoms with E-state index in [0.29, 0.717) is 16.1 Å². The molecule has 0 N–H and O–H groups in total. The largest absolute Gasteiger partial charge is 0.454 e. The van der Waals surface area contributed by atoms with E-state index >= 15 is 0 Å². The average molecular weight is 353 g/mol. The number of benzene rings is 2. The van der Waals surface area contributed by atoms with E-state index in [1.165, 1.54) is 12.1 Å². The summed E-state index contributed by atoms with van der Waals surface area (Å²) in [5.74, 6) is -0.583. The monoisotopic (exact) mass is 352 g/mol. The van der Waals surface area contributed by atoms with Gasteiger partial charge < -0.3 is 4.74 Å². The molecule has 0 heterocycles. The summed E-state index contributed by atoms with van der Waals surface area (Å²) >= 11 is 6.09. The van der Waals surface area contributed by atoms with Crippen LogP contribution < -0.4 is 0 Å². The van der Waals surface area contributed by atoms with Gasteiger partial charge in [0, 0.05) is 16.8 Å². The molecule has 122 valence electrons. The lowest BCUT2D eigenvalue weighted by Gasteiger charge is -2.16. The molecular formula is C17H17ClO4S. The molecule has 0 saturated carbocycles. The first-order chi connectivity index (χ1) is 10.7. The molecule has 0 fully saturated rings. The number of esters is 1. The minimum absolute atomic E-state index is 0.0837. The Morgan fingerprint density at radius 3 is 2.43 bits per heavy atom. The highest BCUT2D eigenvalue weighted by Crippen LogP contribution is 2.26. The van der Waals surface area contributed by atoms with Gasteiger partial charge in [0.05, 0.1) is 10.5 Å². The van der Waals surface area contributed by atoms with Crippen molar-refractivity contribution in [3.63, 3.8) is 0 Å². The number of hydrogen-bond acceptors (Lipinski definition) is 4. The first-order valence-corrected chi connectivity index (χ1v) is 9.23. The van der Waals surface area contributed by atoms with Crippen molar-refractivity contribution in [1.29, 1.82) is 0 Å². The number of sulfone groups is 1. The zero-order chi connectivity index (χ0) is 17.2. The van der Waals surface area contributed by atoms with Crippen LogP contribution in [0.15, 0.2) is 47.4 Å². The maximum absolute atomic E-state index is 12.4. The summed E-state index contributed by atoms with van der Waals surface area (Å²) in [6, 6.07) is 11.5. The maximum Gasteiger partial charge on any atom is 0.339 e. The quantitative estimate of drug-likeness (QED) is 0.781. The molecule has 2 aromatic rings. The van der Waals surface area contributed by atoms with Crippen LogP contribution in [-0.4, -0.2) is 20.6 Å². The lowest BCUT2D eigenvalue weighted by Crippen LogP contribution is -2.12. The van der Waals surface area contributed by atoms with E-state index < -0.39 is 21.9 Å². The lowest BCUT2D eigenvalue weighted by molar-refractivity contribution is 0.0337. The van der Waals surface area contributed by atoms with Crippen LogP contribution >= 0.6 is 11.6 Å². The third-order valence-electron chi connectivity index (χ3n) is 3.48. The summed E-state index contributed by atoms with van der Waals surface area (Å²) in [6.07, 6.45) is 0.552. The molecule has 0 unspecified atom stereocenters. The Kier molecular flexibility index (Phi) is 5.12. The molecule has 4 nitrogen and oxygen atoms in total. The van der Waals surface area contributed by atoms with Crippen LogP contribution in [0.3, 0.4) is 0 Å². The highest BCUT2D eigenvalue weighted by Gasteiger charge is 2.19. The summed E-state index contributed by atoms with van der Waals surface area (Å²) < 4.78 is 28.7. The second kappa shape index (κ2) is 6.72. The molecule has 0 spiro atoms. The van der Waals surface area contributed by atoms with Crippen molar-refractivity contribution in [1.82, 2.24) is 0 Å². The molecule has 0 radical (unpaired) electrons. The van der Waals surface area contributed by atoms with Gasteiger partial charge in [0.15, 0.2) is 9.84 Å². The zero-order valence-corrected chi connectivity index (χ0v) is 14.6. The van der Waals surface area contributed by atoms with Crippen LogP contribution in [0, 0.1) is 6.92 Å². The second-order valence-corrected chi connectivity index (χ2v) is 7.74. The van der Waals surface area contributed by atoms with Gasteiger partial charge in [0.25, 0.3) is 0 Å². The average Bonchev–Trinajstić information content (AvgIpc) is 2.46. The number of ether oxygens (including phenoxy) is 1. The van der Waals surface area contributed by atoms with Gasteiger partial charge in [-0.25, -0.2) is 13.2 Å². The SMILES string of the molecule is Cc1ccc(S(C)(=O)=O)cc1C(=O)O[C@H](C)c1ccccc1Cl. The van der Waals surface area contributed by atoms with E-state index in [1.54, 1.807) is 44.2 Å². The third-order valence-corrected chi connectivity index (χ3v) is 4.94. The van der Waals surface area contributed by atoms with Gasteiger partial charge in [0.1, 0.15) is 6.10 Å². The first-order valence-electron chi connectivity index (χ1n) is 6.96. The van der Waals surface area contributed by atoms with Crippen LogP contribution in [0.5, 0.6) is 0 Å². The van der Waals surface area contributed by atoms with Crippen molar-refractivity contribution in [2.75, 3.05) is 6.26 Å². The standard InChI is InChI=1S/C17H17ClO4S/c1-11-8-9-13(23(3,20)21)10-15(11)17(19)22-12(2)14-6-4-5-7-16(14)18/h4-10,12H,1-3H3/t12-/m1/s1. The van der Waals surface area contributed by atoms with E-state index in [1.807, 2.05) is 0 Å². The Labute approximate surface area is 141 Å². The molecule has 6 heteroatoms. The molecule has 2 rings (SSSR count). The second-order valence-electron chi connectivity index (χ2n) is 5.32. The molecule has 0 amide bonds. The van der Waals surface area contributed by atoms with Gasteiger partial charge >= 0.3 is 5.97 Å². The number of carbonyl (C=O) groups excluding carboxylic acids is 1. The first kappa shape index (κ1) is 17.5. The summed E-state index contributed by atoms with van der Waals surface area (Å²) in [5.41, 5.74) is 1.57. The van der Waals surface area contributed by atoms with Crippen molar-refractivity contribution < 1.29 is 17.9 Å². The van der Waals surface area contributed by atoms with Crippen LogP contribution in [0.1, 0.15) is 34.5 Å². The molecule has 1 atom stereocenters. The van der Waals surface area contributed by atoms with Gasteiger partial charge in [-0.1, -0.05) is 35.9 Å². The molecule has 0 bridgehead atoms. The van der Waals surface area contributed by atoms with Gasteiger partial charge in [-0.05, 0) is 37.6 Å². The van der Waals surface area contributed by atoms with Crippen LogP contribution in [0.2, 0.25) is 5.02 Å². The molecule has 0 aromatic heterocycles. The number of hydrogen-bond donors (Lipinski definition) is 0. The van der Waals surface area contributed by atoms with Gasteiger partial charge in [0.2, 0.25) is 0 Å². The molecule has 0 aliphatic rings. The molecular weight excluding hydrogens is 336 g/mol. The Bertz CT molecular complexity index is 843. The van der Waals surface area contributed by atoms with Crippen LogP contribution in [-0.2, 0) is 14.6 Å². The number of rotatable bonds is 4. The molecule has 0 saturated heterocycles. The third kappa shape index (κ3) is 4.12. The number of aryl methyl sites for hydroxylation is 1. The highest BCUT2D eigenvalue weighted by atomic mass is 35.5. The Morgan fingerprint density at radius 1 is 1.17 bits per heavy atom. The number of carbonyl (C=O) groups is 1. The highest BCUT2D eigenvalue weighted by molar-refractivity contribution is 7.90. The molecule has 2 aromatic carbocycles. The zero-order valence-electron chi connectivity index (χ0n) is 13.0. The molecule has 0 aliphatic heterocycles.